The van der Waals surface area contributed by atoms with E-state index in [2.05, 4.69) is 44.6 Å². The van der Waals surface area contributed by atoms with Crippen LogP contribution in [0.4, 0.5) is 81.6 Å². The molecule has 16 nitrogen and oxygen atoms in total. The molecule has 0 saturated heterocycles. The molecule has 0 aliphatic heterocycles. The normalized spacial score (nSPS) is 10.4. The molecule has 6 aromatic rings. The molecule has 1 heterocycles. The highest BCUT2D eigenvalue weighted by Crippen LogP contribution is 2.34. The molecule has 0 radical (unpaired) electrons. The molecule has 24 N–H and O–H groups in total. The molecular weight excluding hydrogens is 862 g/mol. The second-order valence-electron chi connectivity index (χ2n) is 15.7. The van der Waals surface area contributed by atoms with E-state index in [1.165, 1.54) is 29.2 Å². The van der Waals surface area contributed by atoms with Crippen molar-refractivity contribution in [2.45, 2.75) is 79.8 Å². The van der Waals surface area contributed by atoms with Gasteiger partial charge in [0.2, 0.25) is 0 Å². The summed E-state index contributed by atoms with van der Waals surface area (Å²) in [6, 6.07) is 21.6. The van der Waals surface area contributed by atoms with Gasteiger partial charge in [-0.15, -0.1) is 0 Å². The minimum Gasteiger partial charge on any atom is -0.490 e. The first kappa shape index (κ1) is 57.2. The van der Waals surface area contributed by atoms with Gasteiger partial charge in [0.05, 0.1) is 87.5 Å². The van der Waals surface area contributed by atoms with Gasteiger partial charge in [0, 0.05) is 12.1 Å². The van der Waals surface area contributed by atoms with Crippen LogP contribution in [0.5, 0.6) is 11.5 Å². The van der Waals surface area contributed by atoms with E-state index < -0.39 is 11.7 Å². The Hall–Kier alpha value is -7.83. The van der Waals surface area contributed by atoms with Gasteiger partial charge in [-0.1, -0.05) is 46.8 Å². The number of nitrogens with two attached hydrogens (primary N) is 12. The number of halogens is 3. The predicted molar refractivity (Wildman–Crippen MR) is 277 cm³/mol. The van der Waals surface area contributed by atoms with E-state index in [1.54, 1.807) is 12.1 Å². The SMILES string of the molecule is CC(C)(C)c1ccc(N)c(N)c1.CCOc1cc(N)c(N)cc1OCC.CCc1cc(N)c(N)cc1CC.Cc1ccc(N)c(N)c1.Nc1ccc(C(F)(F)F)cc1N.Nc1cncnc1N. The maximum absolute atomic E-state index is 12.0. The summed E-state index contributed by atoms with van der Waals surface area (Å²) in [4.78, 5) is 7.25. The molecule has 19 heteroatoms. The quantitative estimate of drug-likeness (QED) is 0.0697. The minimum atomic E-state index is -4.36. The zero-order valence-electron chi connectivity index (χ0n) is 39.8. The predicted octanol–water partition coefficient (Wildman–Crippen LogP) is 8.44. The highest BCUT2D eigenvalue weighted by molar-refractivity contribution is 5.70. The van der Waals surface area contributed by atoms with Crippen molar-refractivity contribution in [2.24, 2.45) is 0 Å². The van der Waals surface area contributed by atoms with Crippen LogP contribution in [0.3, 0.4) is 0 Å². The number of ether oxygens (including phenoxy) is 2. The number of aromatic nitrogens is 2. The van der Waals surface area contributed by atoms with Gasteiger partial charge in [0.15, 0.2) is 11.5 Å². The van der Waals surface area contributed by atoms with E-state index >= 15 is 0 Å². The van der Waals surface area contributed by atoms with Crippen molar-refractivity contribution >= 4 is 68.4 Å². The molecule has 0 aliphatic rings. The number of benzene rings is 5. The molecule has 67 heavy (non-hydrogen) atoms. The molecule has 366 valence electrons. The smallest absolute Gasteiger partial charge is 0.416 e. The first-order valence-electron chi connectivity index (χ1n) is 21.1. The third-order valence-electron chi connectivity index (χ3n) is 9.30. The van der Waals surface area contributed by atoms with Crippen LogP contribution in [-0.2, 0) is 24.4 Å². The van der Waals surface area contributed by atoms with Crippen LogP contribution < -0.4 is 78.3 Å². The summed E-state index contributed by atoms with van der Waals surface area (Å²) in [6.45, 7) is 17.6. The first-order valence-corrected chi connectivity index (χ1v) is 21.1. The van der Waals surface area contributed by atoms with E-state index in [9.17, 15) is 13.2 Å². The Kier molecular flexibility index (Phi) is 22.9. The Balaban J connectivity index is 0.000000405. The monoisotopic (exact) mass is 933 g/mol. The molecule has 0 unspecified atom stereocenters. The largest absolute Gasteiger partial charge is 0.490 e. The topological polar surface area (TPSA) is 356 Å². The van der Waals surface area contributed by atoms with Crippen LogP contribution in [-0.4, -0.2) is 23.2 Å². The molecule has 1 aromatic heterocycles. The van der Waals surface area contributed by atoms with Gasteiger partial charge < -0.3 is 78.3 Å². The minimum absolute atomic E-state index is 0.0511. The van der Waals surface area contributed by atoms with Crippen LogP contribution in [0.15, 0.2) is 91.4 Å². The van der Waals surface area contributed by atoms with E-state index in [0.29, 0.717) is 81.7 Å². The molecule has 0 bridgehead atoms. The van der Waals surface area contributed by atoms with Gasteiger partial charge >= 0.3 is 6.18 Å². The van der Waals surface area contributed by atoms with Crippen molar-refractivity contribution in [3.63, 3.8) is 0 Å². The van der Waals surface area contributed by atoms with Crippen LogP contribution in [0.25, 0.3) is 0 Å². The Bertz CT molecular complexity index is 2320. The molecule has 0 fully saturated rings. The van der Waals surface area contributed by atoms with Crippen molar-refractivity contribution in [1.82, 2.24) is 9.97 Å². The highest BCUT2D eigenvalue weighted by Gasteiger charge is 2.30. The van der Waals surface area contributed by atoms with Gasteiger partial charge in [0.25, 0.3) is 0 Å². The second-order valence-corrected chi connectivity index (χ2v) is 15.7. The molecule has 0 saturated carbocycles. The summed E-state index contributed by atoms with van der Waals surface area (Å²) < 4.78 is 46.7. The van der Waals surface area contributed by atoms with E-state index in [4.69, 9.17) is 78.3 Å². The molecule has 0 atom stereocenters. The van der Waals surface area contributed by atoms with Crippen molar-refractivity contribution < 1.29 is 22.6 Å². The molecule has 5 aromatic carbocycles. The highest BCUT2D eigenvalue weighted by atomic mass is 19.4. The fourth-order valence-electron chi connectivity index (χ4n) is 5.35. The number of alkyl halides is 3. The number of aryl methyl sites for hydroxylation is 3. The number of rotatable bonds is 6. The average Bonchev–Trinajstić information content (AvgIpc) is 3.25. The van der Waals surface area contributed by atoms with Crippen LogP contribution in [0, 0.1) is 6.92 Å². The number of nitrogen functional groups attached to an aromatic ring is 12. The van der Waals surface area contributed by atoms with E-state index in [1.807, 2.05) is 69.3 Å². The van der Waals surface area contributed by atoms with Crippen molar-refractivity contribution in [3.8, 4) is 11.5 Å². The van der Waals surface area contributed by atoms with Gasteiger partial charge in [0.1, 0.15) is 12.1 Å². The number of hydrogen-bond donors (Lipinski definition) is 12. The Morgan fingerprint density at radius 1 is 0.463 bits per heavy atom. The lowest BCUT2D eigenvalue weighted by Crippen LogP contribution is -2.11. The van der Waals surface area contributed by atoms with Crippen LogP contribution in [0.2, 0.25) is 0 Å². The molecule has 0 spiro atoms. The lowest BCUT2D eigenvalue weighted by atomic mass is 9.87. The Morgan fingerprint density at radius 3 is 1.15 bits per heavy atom. The van der Waals surface area contributed by atoms with Crippen molar-refractivity contribution in [2.75, 3.05) is 82.0 Å². The average molecular weight is 933 g/mol. The zero-order valence-corrected chi connectivity index (χ0v) is 39.8. The lowest BCUT2D eigenvalue weighted by Gasteiger charge is -2.19. The third kappa shape index (κ3) is 19.8. The zero-order chi connectivity index (χ0) is 51.2. The maximum atomic E-state index is 12.0. The number of anilines is 12. The maximum Gasteiger partial charge on any atom is 0.416 e. The summed E-state index contributed by atoms with van der Waals surface area (Å²) in [7, 11) is 0. The van der Waals surface area contributed by atoms with E-state index in [0.717, 1.165) is 36.6 Å². The Morgan fingerprint density at radius 2 is 0.836 bits per heavy atom. The summed E-state index contributed by atoms with van der Waals surface area (Å²) in [5.74, 6) is 1.61. The Labute approximate surface area is 392 Å². The van der Waals surface area contributed by atoms with Gasteiger partial charge in [-0.25, -0.2) is 9.97 Å². The first-order chi connectivity index (χ1) is 31.2. The standard InChI is InChI=1S/C10H16N2O2.2C10H16N2.C7H7F3N2.C7H10N2.C4H6N4/c1-3-13-9-5-7(11)8(12)6-10(9)14-4-2;1-10(2,3)7-4-5-8(11)9(12)6-7;1-3-7-5-9(11)10(12)6-8(7)4-2;8-7(9,10)4-1-2-5(11)6(12)3-4;1-5-2-3-6(8)7(9)4-5;5-3-1-7-2-8-4(3)6/h5-6H,3-4,11-12H2,1-2H3;4-6H,11-12H2,1-3H3;5-6H,3-4,11-12H2,1-2H3;1-3H,11-12H2;2-4H,8-9H2,1H3;1-2H,5H2,(H2,6,7,8). The molecular formula is C48H71F3N14O2. The van der Waals surface area contributed by atoms with Crippen LogP contribution >= 0.6 is 0 Å². The molecule has 0 amide bonds. The number of nitrogens with zero attached hydrogens (tertiary/aromatic N) is 2. The molecule has 0 aliphatic carbocycles. The molecule has 6 rings (SSSR count). The van der Waals surface area contributed by atoms with Gasteiger partial charge in [-0.05, 0) is 116 Å². The fourth-order valence-corrected chi connectivity index (χ4v) is 5.35. The van der Waals surface area contributed by atoms with Gasteiger partial charge in [-0.3, -0.25) is 0 Å². The van der Waals surface area contributed by atoms with Crippen molar-refractivity contribution in [1.29, 1.82) is 0 Å². The fraction of sp³-hybridized carbons (Fsp3) is 0.292. The second kappa shape index (κ2) is 26.8. The van der Waals surface area contributed by atoms with Crippen molar-refractivity contribution in [3.05, 3.63) is 119 Å². The summed E-state index contributed by atoms with van der Waals surface area (Å²) in [6.07, 6.45) is 0.497. The summed E-state index contributed by atoms with van der Waals surface area (Å²) in [5.41, 5.74) is 75.8. The van der Waals surface area contributed by atoms with E-state index in [-0.39, 0.29) is 16.8 Å². The summed E-state index contributed by atoms with van der Waals surface area (Å²) >= 11 is 0. The number of hydrogen-bond acceptors (Lipinski definition) is 16. The lowest BCUT2D eigenvalue weighted by molar-refractivity contribution is -0.137. The summed E-state index contributed by atoms with van der Waals surface area (Å²) in [5, 5.41) is 0. The van der Waals surface area contributed by atoms with Crippen LogP contribution in [0.1, 0.15) is 76.3 Å². The third-order valence-corrected chi connectivity index (χ3v) is 9.30. The van der Waals surface area contributed by atoms with Gasteiger partial charge in [-0.2, -0.15) is 13.2 Å².